The second-order valence-corrected chi connectivity index (χ2v) is 2.34. The summed E-state index contributed by atoms with van der Waals surface area (Å²) < 4.78 is 0. The lowest BCUT2D eigenvalue weighted by Crippen LogP contribution is -2.15. The van der Waals surface area contributed by atoms with Crippen molar-refractivity contribution in [1.82, 2.24) is 0 Å². The maximum atomic E-state index is 5.59. The van der Waals surface area contributed by atoms with Gasteiger partial charge in [-0.2, -0.15) is 0 Å². The molecule has 0 saturated heterocycles. The van der Waals surface area contributed by atoms with Crippen LogP contribution < -0.4 is 5.73 Å². The van der Waals surface area contributed by atoms with Gasteiger partial charge in [0.2, 0.25) is 0 Å². The van der Waals surface area contributed by atoms with Crippen molar-refractivity contribution in [3.8, 4) is 0 Å². The standard InChI is InChI=1S/C8H16N2/c1-3-8(9)6-4-5-7-10-2/h3,8H,1-2,4-7,9H2/t8-/m1/s1. The minimum absolute atomic E-state index is 0.157. The Morgan fingerprint density at radius 3 is 2.70 bits per heavy atom. The van der Waals surface area contributed by atoms with Gasteiger partial charge < -0.3 is 10.7 Å². The Balaban J connectivity index is 3.02. The molecule has 0 aliphatic heterocycles. The molecule has 0 heterocycles. The molecule has 0 unspecified atom stereocenters. The summed E-state index contributed by atoms with van der Waals surface area (Å²) in [7, 11) is 0. The summed E-state index contributed by atoms with van der Waals surface area (Å²) in [6.07, 6.45) is 5.00. The highest BCUT2D eigenvalue weighted by Crippen LogP contribution is 1.98. The molecule has 58 valence electrons. The molecule has 0 radical (unpaired) electrons. The fourth-order valence-corrected chi connectivity index (χ4v) is 0.721. The number of nitrogens with two attached hydrogens (primary N) is 1. The van der Waals surface area contributed by atoms with Gasteiger partial charge in [-0.05, 0) is 26.0 Å². The van der Waals surface area contributed by atoms with Crippen LogP contribution >= 0.6 is 0 Å². The zero-order valence-electron chi connectivity index (χ0n) is 6.42. The second-order valence-electron chi connectivity index (χ2n) is 2.34. The molecule has 0 rings (SSSR count). The second kappa shape index (κ2) is 6.49. The number of hydrogen-bond acceptors (Lipinski definition) is 2. The van der Waals surface area contributed by atoms with Crippen molar-refractivity contribution in [3.05, 3.63) is 12.7 Å². The molecule has 0 bridgehead atoms. The van der Waals surface area contributed by atoms with Gasteiger partial charge >= 0.3 is 0 Å². The summed E-state index contributed by atoms with van der Waals surface area (Å²) in [5.74, 6) is 0. The molecule has 0 aliphatic rings. The molecule has 0 fully saturated rings. The van der Waals surface area contributed by atoms with Crippen LogP contribution in [-0.4, -0.2) is 19.3 Å². The predicted octanol–water partition coefficient (Wildman–Crippen LogP) is 1.37. The van der Waals surface area contributed by atoms with Gasteiger partial charge in [-0.25, -0.2) is 0 Å². The van der Waals surface area contributed by atoms with E-state index in [1.54, 1.807) is 6.08 Å². The van der Waals surface area contributed by atoms with E-state index in [4.69, 9.17) is 5.73 Å². The minimum atomic E-state index is 0.157. The van der Waals surface area contributed by atoms with Crippen molar-refractivity contribution in [1.29, 1.82) is 0 Å². The average molecular weight is 140 g/mol. The summed E-state index contributed by atoms with van der Waals surface area (Å²) in [6, 6.07) is 0.157. The molecule has 0 aliphatic carbocycles. The van der Waals surface area contributed by atoms with Crippen molar-refractivity contribution >= 4 is 6.72 Å². The van der Waals surface area contributed by atoms with Crippen molar-refractivity contribution in [2.75, 3.05) is 6.54 Å². The molecule has 0 spiro atoms. The molecule has 10 heavy (non-hydrogen) atoms. The lowest BCUT2D eigenvalue weighted by Gasteiger charge is -2.02. The molecule has 2 N–H and O–H groups in total. The van der Waals surface area contributed by atoms with E-state index >= 15 is 0 Å². The van der Waals surface area contributed by atoms with E-state index in [1.807, 2.05) is 0 Å². The van der Waals surface area contributed by atoms with Crippen LogP contribution in [0.5, 0.6) is 0 Å². The van der Waals surface area contributed by atoms with E-state index < -0.39 is 0 Å². The quantitative estimate of drug-likeness (QED) is 0.338. The first-order chi connectivity index (χ1) is 4.81. The molecular formula is C8H16N2. The fraction of sp³-hybridized carbons (Fsp3) is 0.625. The van der Waals surface area contributed by atoms with E-state index in [9.17, 15) is 0 Å². The highest BCUT2D eigenvalue weighted by molar-refractivity contribution is 5.22. The third-order valence-electron chi connectivity index (χ3n) is 1.41. The van der Waals surface area contributed by atoms with Gasteiger partial charge in [0, 0.05) is 12.6 Å². The number of rotatable bonds is 6. The Bertz CT molecular complexity index is 99.4. The topological polar surface area (TPSA) is 38.4 Å². The van der Waals surface area contributed by atoms with Gasteiger partial charge in [-0.3, -0.25) is 0 Å². The Morgan fingerprint density at radius 1 is 1.50 bits per heavy atom. The maximum absolute atomic E-state index is 5.59. The van der Waals surface area contributed by atoms with E-state index in [2.05, 4.69) is 18.3 Å². The first-order valence-electron chi connectivity index (χ1n) is 3.62. The van der Waals surface area contributed by atoms with Gasteiger partial charge in [0.25, 0.3) is 0 Å². The highest BCUT2D eigenvalue weighted by Gasteiger charge is 1.94. The van der Waals surface area contributed by atoms with Crippen LogP contribution in [-0.2, 0) is 0 Å². The van der Waals surface area contributed by atoms with Crippen LogP contribution in [0.25, 0.3) is 0 Å². The summed E-state index contributed by atoms with van der Waals surface area (Å²) in [4.78, 5) is 3.74. The minimum Gasteiger partial charge on any atom is -0.324 e. The van der Waals surface area contributed by atoms with Crippen molar-refractivity contribution in [3.63, 3.8) is 0 Å². The SMILES string of the molecule is C=C[C@@H](N)CCCCN=C. The molecular weight excluding hydrogens is 124 g/mol. The van der Waals surface area contributed by atoms with Crippen molar-refractivity contribution in [2.24, 2.45) is 10.7 Å². The van der Waals surface area contributed by atoms with E-state index in [-0.39, 0.29) is 6.04 Å². The molecule has 2 nitrogen and oxygen atoms in total. The van der Waals surface area contributed by atoms with Gasteiger partial charge in [-0.15, -0.1) is 6.58 Å². The van der Waals surface area contributed by atoms with E-state index in [0.717, 1.165) is 25.8 Å². The zero-order valence-corrected chi connectivity index (χ0v) is 6.42. The first-order valence-corrected chi connectivity index (χ1v) is 3.62. The van der Waals surface area contributed by atoms with Crippen LogP contribution in [0.15, 0.2) is 17.6 Å². The number of hydrogen-bond donors (Lipinski definition) is 1. The average Bonchev–Trinajstić information content (AvgIpc) is 1.98. The molecule has 2 heteroatoms. The third-order valence-corrected chi connectivity index (χ3v) is 1.41. The number of aliphatic imine (C=N–C) groups is 1. The largest absolute Gasteiger partial charge is 0.324 e. The normalized spacial score (nSPS) is 12.5. The molecule has 0 saturated carbocycles. The van der Waals surface area contributed by atoms with Crippen LogP contribution in [0.4, 0.5) is 0 Å². The molecule has 0 aromatic heterocycles. The number of unbranched alkanes of at least 4 members (excludes halogenated alkanes) is 1. The molecule has 0 aromatic carbocycles. The summed E-state index contributed by atoms with van der Waals surface area (Å²) >= 11 is 0. The smallest absolute Gasteiger partial charge is 0.0382 e. The van der Waals surface area contributed by atoms with Crippen molar-refractivity contribution < 1.29 is 0 Å². The molecule has 1 atom stereocenters. The third kappa shape index (κ3) is 5.51. The van der Waals surface area contributed by atoms with Crippen LogP contribution in [0, 0.1) is 0 Å². The lowest BCUT2D eigenvalue weighted by molar-refractivity contribution is 0.638. The summed E-state index contributed by atoms with van der Waals surface area (Å²) in [6.45, 7) is 7.85. The van der Waals surface area contributed by atoms with Crippen LogP contribution in [0.1, 0.15) is 19.3 Å². The maximum Gasteiger partial charge on any atom is 0.0382 e. The predicted molar refractivity (Wildman–Crippen MR) is 46.4 cm³/mol. The Hall–Kier alpha value is -0.630. The summed E-state index contributed by atoms with van der Waals surface area (Å²) in [5.41, 5.74) is 5.59. The fourth-order valence-electron chi connectivity index (χ4n) is 0.721. The van der Waals surface area contributed by atoms with Crippen molar-refractivity contribution in [2.45, 2.75) is 25.3 Å². The monoisotopic (exact) mass is 140 g/mol. The van der Waals surface area contributed by atoms with E-state index in [0.29, 0.717) is 0 Å². The Labute approximate surface area is 62.8 Å². The van der Waals surface area contributed by atoms with Gasteiger partial charge in [0.15, 0.2) is 0 Å². The van der Waals surface area contributed by atoms with Crippen LogP contribution in [0.3, 0.4) is 0 Å². The lowest BCUT2D eigenvalue weighted by atomic mass is 10.1. The number of nitrogens with zero attached hydrogens (tertiary/aromatic N) is 1. The highest BCUT2D eigenvalue weighted by atomic mass is 14.7. The zero-order chi connectivity index (χ0) is 7.82. The summed E-state index contributed by atoms with van der Waals surface area (Å²) in [5, 5.41) is 0. The van der Waals surface area contributed by atoms with E-state index in [1.165, 1.54) is 0 Å². The van der Waals surface area contributed by atoms with Gasteiger partial charge in [0.05, 0.1) is 0 Å². The van der Waals surface area contributed by atoms with Gasteiger partial charge in [-0.1, -0.05) is 6.08 Å². The molecule has 0 aromatic rings. The van der Waals surface area contributed by atoms with Crippen LogP contribution in [0.2, 0.25) is 0 Å². The Morgan fingerprint density at radius 2 is 2.20 bits per heavy atom. The first kappa shape index (κ1) is 9.37. The van der Waals surface area contributed by atoms with Gasteiger partial charge in [0.1, 0.15) is 0 Å². The molecule has 0 amide bonds. The Kier molecular flexibility index (Phi) is 6.08.